The lowest BCUT2D eigenvalue weighted by atomic mass is 10.00. The van der Waals surface area contributed by atoms with Gasteiger partial charge >= 0.3 is 0 Å². The summed E-state index contributed by atoms with van der Waals surface area (Å²) in [6.07, 6.45) is 3.36. The number of ketones is 1. The molecule has 128 valence electrons. The van der Waals surface area contributed by atoms with Gasteiger partial charge < -0.3 is 0 Å². The summed E-state index contributed by atoms with van der Waals surface area (Å²) >= 11 is 0. The van der Waals surface area contributed by atoms with Gasteiger partial charge in [0.05, 0.1) is 11.5 Å². The van der Waals surface area contributed by atoms with Gasteiger partial charge in [0.15, 0.2) is 15.6 Å². The lowest BCUT2D eigenvalue weighted by Gasteiger charge is -2.17. The summed E-state index contributed by atoms with van der Waals surface area (Å²) in [5.74, 6) is -0.591. The Bertz CT molecular complexity index is 887. The minimum absolute atomic E-state index is 0.184. The fourth-order valence-electron chi connectivity index (χ4n) is 2.80. The number of benzene rings is 2. The van der Waals surface area contributed by atoms with E-state index in [2.05, 4.69) is 0 Å². The Kier molecular flexibility index (Phi) is 4.73. The van der Waals surface area contributed by atoms with Crippen LogP contribution < -0.4 is 0 Å². The molecular weight excluding hydrogens is 332 g/mol. The van der Waals surface area contributed by atoms with Crippen molar-refractivity contribution in [2.24, 2.45) is 0 Å². The smallest absolute Gasteiger partial charge is 0.187 e. The van der Waals surface area contributed by atoms with Gasteiger partial charge in [-0.1, -0.05) is 59.7 Å². The Balaban J connectivity index is 1.99. The molecule has 0 N–H and O–H groups in total. The van der Waals surface area contributed by atoms with Gasteiger partial charge in [-0.25, -0.2) is 8.42 Å². The van der Waals surface area contributed by atoms with E-state index < -0.39 is 9.84 Å². The molecule has 25 heavy (non-hydrogen) atoms. The first kappa shape index (κ1) is 17.4. The third-order valence-electron chi connectivity index (χ3n) is 4.17. The van der Waals surface area contributed by atoms with E-state index in [1.165, 1.54) is 0 Å². The molecule has 0 unspecified atom stereocenters. The summed E-state index contributed by atoms with van der Waals surface area (Å²) in [6.45, 7) is 3.96. The maximum atomic E-state index is 12.8. The van der Waals surface area contributed by atoms with Crippen molar-refractivity contribution in [3.05, 3.63) is 81.9 Å². The SMILES string of the molecule is Cc1ccc(/C=C2\CS(=O)(=O)C/C(=C/c3ccc(C)cc3)C2=O)cc1. The number of aryl methyl sites for hydroxylation is 2. The molecule has 3 nitrogen and oxygen atoms in total. The van der Waals surface area contributed by atoms with Gasteiger partial charge in [-0.15, -0.1) is 0 Å². The van der Waals surface area contributed by atoms with Gasteiger partial charge in [0.25, 0.3) is 0 Å². The van der Waals surface area contributed by atoms with E-state index in [4.69, 9.17) is 0 Å². The van der Waals surface area contributed by atoms with Gasteiger partial charge in [-0.2, -0.15) is 0 Å². The molecule has 0 aromatic heterocycles. The fraction of sp³-hybridized carbons (Fsp3) is 0.190. The first-order valence-corrected chi connectivity index (χ1v) is 9.94. The Labute approximate surface area is 148 Å². The van der Waals surface area contributed by atoms with Gasteiger partial charge in [0.1, 0.15) is 0 Å². The highest BCUT2D eigenvalue weighted by atomic mass is 32.2. The van der Waals surface area contributed by atoms with Crippen molar-refractivity contribution < 1.29 is 13.2 Å². The minimum Gasteiger partial charge on any atom is -0.289 e. The van der Waals surface area contributed by atoms with Gasteiger partial charge in [-0.05, 0) is 37.1 Å². The molecule has 0 atom stereocenters. The molecule has 4 heteroatoms. The molecule has 1 aliphatic rings. The predicted molar refractivity (Wildman–Crippen MR) is 102 cm³/mol. The van der Waals surface area contributed by atoms with Crippen LogP contribution in [0.1, 0.15) is 22.3 Å². The number of rotatable bonds is 2. The Morgan fingerprint density at radius 2 is 1.08 bits per heavy atom. The lowest BCUT2D eigenvalue weighted by Crippen LogP contribution is -2.28. The molecule has 0 bridgehead atoms. The normalized spacial score (nSPS) is 20.2. The van der Waals surface area contributed by atoms with E-state index in [0.717, 1.165) is 22.3 Å². The van der Waals surface area contributed by atoms with Crippen LogP contribution in [-0.2, 0) is 14.6 Å². The number of carbonyl (C=O) groups excluding carboxylic acids is 1. The summed E-state index contributed by atoms with van der Waals surface area (Å²) in [7, 11) is -3.33. The van der Waals surface area contributed by atoms with Crippen molar-refractivity contribution in [3.8, 4) is 0 Å². The molecule has 0 aliphatic carbocycles. The quantitative estimate of drug-likeness (QED) is 0.773. The molecule has 1 saturated heterocycles. The Hall–Kier alpha value is -2.46. The molecule has 0 radical (unpaired) electrons. The van der Waals surface area contributed by atoms with Crippen molar-refractivity contribution in [1.29, 1.82) is 0 Å². The molecule has 1 heterocycles. The monoisotopic (exact) mass is 352 g/mol. The highest BCUT2D eigenvalue weighted by molar-refractivity contribution is 7.92. The summed E-state index contributed by atoms with van der Waals surface area (Å²) in [5, 5.41) is 0. The van der Waals surface area contributed by atoms with Crippen molar-refractivity contribution in [2.75, 3.05) is 11.5 Å². The average molecular weight is 352 g/mol. The third kappa shape index (κ3) is 4.34. The second kappa shape index (κ2) is 6.81. The van der Waals surface area contributed by atoms with Gasteiger partial charge in [0, 0.05) is 11.1 Å². The molecule has 2 aromatic carbocycles. The highest BCUT2D eigenvalue weighted by Gasteiger charge is 2.30. The third-order valence-corrected chi connectivity index (χ3v) is 5.67. The molecule has 1 aliphatic heterocycles. The Morgan fingerprint density at radius 1 is 0.720 bits per heavy atom. The van der Waals surface area contributed by atoms with E-state index in [0.29, 0.717) is 11.1 Å². The Morgan fingerprint density at radius 3 is 1.44 bits per heavy atom. The second-order valence-corrected chi connectivity index (χ2v) is 8.59. The van der Waals surface area contributed by atoms with Crippen LogP contribution in [-0.4, -0.2) is 25.7 Å². The molecule has 0 amide bonds. The van der Waals surface area contributed by atoms with Crippen molar-refractivity contribution in [3.63, 3.8) is 0 Å². The summed E-state index contributed by atoms with van der Waals surface area (Å²) < 4.78 is 24.5. The van der Waals surface area contributed by atoms with E-state index in [-0.39, 0.29) is 17.3 Å². The number of sulfone groups is 1. The number of Topliss-reactive ketones (excluding diaryl/α,β-unsaturated/α-hetero) is 1. The van der Waals surface area contributed by atoms with Crippen molar-refractivity contribution in [1.82, 2.24) is 0 Å². The van der Waals surface area contributed by atoms with E-state index in [9.17, 15) is 13.2 Å². The van der Waals surface area contributed by atoms with Crippen LogP contribution in [0.25, 0.3) is 12.2 Å². The van der Waals surface area contributed by atoms with Gasteiger partial charge in [-0.3, -0.25) is 4.79 Å². The predicted octanol–water partition coefficient (Wildman–Crippen LogP) is 3.77. The lowest BCUT2D eigenvalue weighted by molar-refractivity contribution is -0.112. The van der Waals surface area contributed by atoms with Crippen LogP contribution in [0.15, 0.2) is 59.7 Å². The number of hydrogen-bond donors (Lipinski definition) is 0. The van der Waals surface area contributed by atoms with Crippen LogP contribution in [0.4, 0.5) is 0 Å². The number of hydrogen-bond acceptors (Lipinski definition) is 3. The molecule has 1 fully saturated rings. The zero-order chi connectivity index (χ0) is 18.0. The fourth-order valence-corrected chi connectivity index (χ4v) is 4.28. The largest absolute Gasteiger partial charge is 0.289 e. The first-order valence-electron chi connectivity index (χ1n) is 8.12. The minimum atomic E-state index is -3.33. The summed E-state index contributed by atoms with van der Waals surface area (Å²) in [6, 6.07) is 15.3. The molecule has 0 saturated carbocycles. The average Bonchev–Trinajstić information content (AvgIpc) is 2.55. The van der Waals surface area contributed by atoms with Crippen LogP contribution in [0, 0.1) is 13.8 Å². The molecular formula is C21H20O3S. The summed E-state index contributed by atoms with van der Waals surface area (Å²) in [4.78, 5) is 12.8. The van der Waals surface area contributed by atoms with E-state index >= 15 is 0 Å². The zero-order valence-electron chi connectivity index (χ0n) is 14.3. The highest BCUT2D eigenvalue weighted by Crippen LogP contribution is 2.24. The molecule has 0 spiro atoms. The van der Waals surface area contributed by atoms with E-state index in [1.807, 2.05) is 62.4 Å². The van der Waals surface area contributed by atoms with Crippen LogP contribution in [0.2, 0.25) is 0 Å². The van der Waals surface area contributed by atoms with Crippen LogP contribution >= 0.6 is 0 Å². The zero-order valence-corrected chi connectivity index (χ0v) is 15.1. The van der Waals surface area contributed by atoms with Crippen LogP contribution in [0.5, 0.6) is 0 Å². The standard InChI is InChI=1S/C21H20O3S/c1-15-3-7-17(8-4-15)11-19-13-25(23,24)14-20(21(19)22)12-18-9-5-16(2)6-10-18/h3-12H,13-14H2,1-2H3/b19-11-,20-12+. The molecule has 2 aromatic rings. The number of carbonyl (C=O) groups is 1. The molecule has 3 rings (SSSR count). The topological polar surface area (TPSA) is 51.2 Å². The van der Waals surface area contributed by atoms with Crippen molar-refractivity contribution in [2.45, 2.75) is 13.8 Å². The maximum Gasteiger partial charge on any atom is 0.187 e. The summed E-state index contributed by atoms with van der Waals surface area (Å²) in [5.41, 5.74) is 4.55. The van der Waals surface area contributed by atoms with Crippen LogP contribution in [0.3, 0.4) is 0 Å². The van der Waals surface area contributed by atoms with Gasteiger partial charge in [0.2, 0.25) is 0 Å². The second-order valence-electron chi connectivity index (χ2n) is 6.52. The first-order chi connectivity index (χ1) is 11.8. The van der Waals surface area contributed by atoms with E-state index in [1.54, 1.807) is 12.2 Å². The maximum absolute atomic E-state index is 12.8. The van der Waals surface area contributed by atoms with Crippen molar-refractivity contribution >= 4 is 27.8 Å².